The zero-order valence-corrected chi connectivity index (χ0v) is 19.0. The summed E-state index contributed by atoms with van der Waals surface area (Å²) in [4.78, 5) is 16.0. The smallest absolute Gasteiger partial charge is 0.305 e. The van der Waals surface area contributed by atoms with E-state index in [1.165, 1.54) is 0 Å². The Morgan fingerprint density at radius 1 is 1.16 bits per heavy atom. The van der Waals surface area contributed by atoms with Crippen molar-refractivity contribution in [2.75, 3.05) is 31.8 Å². The van der Waals surface area contributed by atoms with E-state index >= 15 is 0 Å². The Morgan fingerprint density at radius 2 is 1.97 bits per heavy atom. The van der Waals surface area contributed by atoms with E-state index in [4.69, 9.17) is 30.5 Å². The minimum atomic E-state index is -0.219. The average Bonchev–Trinajstić information content (AvgIpc) is 3.16. The maximum atomic E-state index is 11.8. The fourth-order valence-electron chi connectivity index (χ4n) is 3.73. The zero-order chi connectivity index (χ0) is 22.5. The Balaban J connectivity index is 1.32. The summed E-state index contributed by atoms with van der Waals surface area (Å²) < 4.78 is 22.6. The molecular weight excluding hydrogens is 432 g/mol. The highest BCUT2D eigenvalue weighted by atomic mass is 35.5. The first-order chi connectivity index (χ1) is 15.5. The maximum Gasteiger partial charge on any atom is 0.305 e. The summed E-state index contributed by atoms with van der Waals surface area (Å²) in [6, 6.07) is 13.2. The average molecular weight is 459 g/mol. The molecule has 2 aliphatic rings. The topological polar surface area (TPSA) is 60.5 Å². The second-order valence-corrected chi connectivity index (χ2v) is 8.08. The van der Waals surface area contributed by atoms with Crippen molar-refractivity contribution in [1.82, 2.24) is 4.90 Å². The molecule has 0 aromatic heterocycles. The van der Waals surface area contributed by atoms with Crippen molar-refractivity contribution >= 4 is 23.3 Å². The number of carbonyl (C=O) groups is 1. The van der Waals surface area contributed by atoms with Gasteiger partial charge in [0, 0.05) is 42.6 Å². The number of halogens is 1. The molecule has 2 aromatic rings. The third-order valence-electron chi connectivity index (χ3n) is 5.36. The largest absolute Gasteiger partial charge is 0.490 e. The fraction of sp³-hybridized carbons (Fsp3) is 0.375. The van der Waals surface area contributed by atoms with Crippen molar-refractivity contribution in [2.45, 2.75) is 32.0 Å². The van der Waals surface area contributed by atoms with Gasteiger partial charge in [0.1, 0.15) is 25.1 Å². The van der Waals surface area contributed by atoms with E-state index in [-0.39, 0.29) is 18.2 Å². The lowest BCUT2D eigenvalue weighted by molar-refractivity contribution is -0.143. The molecule has 0 fully saturated rings. The molecule has 4 rings (SSSR count). The van der Waals surface area contributed by atoms with Crippen LogP contribution >= 0.6 is 11.6 Å². The number of carbonyl (C=O) groups excluding carboxylic acids is 1. The number of ether oxygens (including phenoxy) is 4. The van der Waals surface area contributed by atoms with Gasteiger partial charge in [0.25, 0.3) is 0 Å². The van der Waals surface area contributed by atoms with Gasteiger partial charge in [-0.25, -0.2) is 0 Å². The molecule has 8 heteroatoms. The van der Waals surface area contributed by atoms with Crippen LogP contribution in [0.3, 0.4) is 0 Å². The summed E-state index contributed by atoms with van der Waals surface area (Å²) in [6.45, 7) is 3.00. The molecule has 2 atom stereocenters. The van der Waals surface area contributed by atoms with Gasteiger partial charge in [-0.2, -0.15) is 0 Å². The van der Waals surface area contributed by atoms with E-state index in [1.807, 2.05) is 50.6 Å². The molecule has 2 heterocycles. The van der Waals surface area contributed by atoms with Crippen LogP contribution in [0.25, 0.3) is 0 Å². The Hall–Kier alpha value is -3.06. The van der Waals surface area contributed by atoms with Gasteiger partial charge >= 0.3 is 5.97 Å². The van der Waals surface area contributed by atoms with E-state index in [2.05, 4.69) is 9.80 Å². The van der Waals surface area contributed by atoms with Crippen molar-refractivity contribution in [3.05, 3.63) is 59.9 Å². The Labute approximate surface area is 193 Å². The van der Waals surface area contributed by atoms with Gasteiger partial charge in [-0.15, -0.1) is 0 Å². The highest BCUT2D eigenvalue weighted by Crippen LogP contribution is 2.34. The summed E-state index contributed by atoms with van der Waals surface area (Å²) >= 11 is 6.03. The molecule has 2 aromatic carbocycles. The van der Waals surface area contributed by atoms with Gasteiger partial charge < -0.3 is 28.7 Å². The van der Waals surface area contributed by atoms with Gasteiger partial charge in [-0.05, 0) is 49.7 Å². The fourth-order valence-corrected chi connectivity index (χ4v) is 3.89. The SMILES string of the molecule is CCOC(=O)CCC1N(C)C=CN1c1ccc(OC[C@H]2COc3ccc(Cl)cc3O2)cc1. The molecule has 0 saturated heterocycles. The number of benzene rings is 2. The van der Waals surface area contributed by atoms with Crippen molar-refractivity contribution in [3.63, 3.8) is 0 Å². The Bertz CT molecular complexity index is 965. The number of anilines is 1. The van der Waals surface area contributed by atoms with E-state index in [1.54, 1.807) is 18.2 Å². The number of rotatable bonds is 8. The number of fused-ring (bicyclic) bond motifs is 1. The van der Waals surface area contributed by atoms with Crippen LogP contribution in [-0.2, 0) is 9.53 Å². The van der Waals surface area contributed by atoms with Crippen LogP contribution in [0.2, 0.25) is 5.02 Å². The van der Waals surface area contributed by atoms with E-state index in [9.17, 15) is 4.79 Å². The lowest BCUT2D eigenvalue weighted by Gasteiger charge is -2.30. The number of esters is 1. The third kappa shape index (κ3) is 5.22. The molecule has 0 N–H and O–H groups in total. The molecule has 1 unspecified atom stereocenters. The third-order valence-corrected chi connectivity index (χ3v) is 5.60. The van der Waals surface area contributed by atoms with E-state index in [0.29, 0.717) is 49.2 Å². The molecular formula is C24H27ClN2O5. The molecule has 32 heavy (non-hydrogen) atoms. The van der Waals surface area contributed by atoms with Gasteiger partial charge in [0.15, 0.2) is 17.6 Å². The predicted octanol–water partition coefficient (Wildman–Crippen LogP) is 4.45. The molecule has 0 amide bonds. The van der Waals surface area contributed by atoms with Gasteiger partial charge in [-0.1, -0.05) is 11.6 Å². The van der Waals surface area contributed by atoms with Crippen LogP contribution in [-0.4, -0.2) is 50.0 Å². The van der Waals surface area contributed by atoms with Crippen molar-refractivity contribution < 1.29 is 23.7 Å². The summed E-state index contributed by atoms with van der Waals surface area (Å²) in [5.74, 6) is 1.90. The minimum absolute atomic E-state index is 0.0610. The second-order valence-electron chi connectivity index (χ2n) is 7.64. The monoisotopic (exact) mass is 458 g/mol. The summed E-state index contributed by atoms with van der Waals surface area (Å²) in [6.07, 6.45) is 4.91. The quantitative estimate of drug-likeness (QED) is 0.541. The Kier molecular flexibility index (Phi) is 6.95. The second kappa shape index (κ2) is 10.0. The maximum absolute atomic E-state index is 11.8. The molecule has 2 aliphatic heterocycles. The first-order valence-electron chi connectivity index (χ1n) is 10.7. The highest BCUT2D eigenvalue weighted by molar-refractivity contribution is 6.30. The standard InChI is InChI=1S/C24H27ClN2O5/c1-3-29-24(28)11-10-23-26(2)12-13-27(23)18-5-7-19(8-6-18)30-15-20-16-31-21-9-4-17(25)14-22(21)32-20/h4-9,12-14,20,23H,3,10-11,15-16H2,1-2H3/t20-,23?/m0/s1. The van der Waals surface area contributed by atoms with Crippen molar-refractivity contribution in [2.24, 2.45) is 0 Å². The highest BCUT2D eigenvalue weighted by Gasteiger charge is 2.26. The molecule has 7 nitrogen and oxygen atoms in total. The normalized spacial score (nSPS) is 19.2. The predicted molar refractivity (Wildman–Crippen MR) is 122 cm³/mol. The van der Waals surface area contributed by atoms with E-state index in [0.717, 1.165) is 11.4 Å². The van der Waals surface area contributed by atoms with Gasteiger partial charge in [0.2, 0.25) is 0 Å². The summed E-state index contributed by atoms with van der Waals surface area (Å²) in [5, 5.41) is 0.603. The van der Waals surface area contributed by atoms with Gasteiger partial charge in [-0.3, -0.25) is 4.79 Å². The number of hydrogen-bond acceptors (Lipinski definition) is 7. The first-order valence-corrected chi connectivity index (χ1v) is 11.1. The van der Waals surface area contributed by atoms with Crippen LogP contribution in [0.5, 0.6) is 17.2 Å². The Morgan fingerprint density at radius 3 is 2.75 bits per heavy atom. The van der Waals surface area contributed by atoms with Crippen molar-refractivity contribution in [1.29, 1.82) is 0 Å². The van der Waals surface area contributed by atoms with Crippen LogP contribution in [0.4, 0.5) is 5.69 Å². The summed E-state index contributed by atoms with van der Waals surface area (Å²) in [5.41, 5.74) is 1.02. The lowest BCUT2D eigenvalue weighted by atomic mass is 10.2. The van der Waals surface area contributed by atoms with Crippen LogP contribution in [0.1, 0.15) is 19.8 Å². The zero-order valence-electron chi connectivity index (χ0n) is 18.2. The minimum Gasteiger partial charge on any atom is -0.490 e. The van der Waals surface area contributed by atoms with Crippen LogP contribution in [0, 0.1) is 0 Å². The molecule has 0 saturated carbocycles. The summed E-state index contributed by atoms with van der Waals surface area (Å²) in [7, 11) is 2.00. The molecule has 0 spiro atoms. The molecule has 0 bridgehead atoms. The van der Waals surface area contributed by atoms with E-state index < -0.39 is 0 Å². The number of hydrogen-bond donors (Lipinski definition) is 0. The van der Waals surface area contributed by atoms with Gasteiger partial charge in [0.05, 0.1) is 6.61 Å². The van der Waals surface area contributed by atoms with Crippen LogP contribution in [0.15, 0.2) is 54.9 Å². The first kappa shape index (κ1) is 22.1. The van der Waals surface area contributed by atoms with Crippen molar-refractivity contribution in [3.8, 4) is 17.2 Å². The number of nitrogens with zero attached hydrogens (tertiary/aromatic N) is 2. The lowest BCUT2D eigenvalue weighted by Crippen LogP contribution is -2.37. The van der Waals surface area contributed by atoms with Crippen LogP contribution < -0.4 is 19.1 Å². The molecule has 0 aliphatic carbocycles. The molecule has 170 valence electrons. The molecule has 0 radical (unpaired) electrons.